The molecule has 0 aromatic heterocycles. The van der Waals surface area contributed by atoms with Crippen LogP contribution in [0.4, 0.5) is 0 Å². The Balaban J connectivity index is 1.96. The van der Waals surface area contributed by atoms with Crippen LogP contribution in [0.2, 0.25) is 0 Å². The molecule has 2 unspecified atom stereocenters. The Labute approximate surface area is 98.2 Å². The fourth-order valence-corrected chi connectivity index (χ4v) is 2.78. The Morgan fingerprint density at radius 3 is 2.44 bits per heavy atom. The monoisotopic (exact) mass is 224 g/mol. The Bertz CT molecular complexity index is 292. The summed E-state index contributed by atoms with van der Waals surface area (Å²) in [7, 11) is 0. The highest BCUT2D eigenvalue weighted by Crippen LogP contribution is 2.40. The molecule has 2 aliphatic carbocycles. The maximum absolute atomic E-state index is 12.2. The summed E-state index contributed by atoms with van der Waals surface area (Å²) >= 11 is 0. The summed E-state index contributed by atoms with van der Waals surface area (Å²) in [6.45, 7) is 6.34. The van der Waals surface area contributed by atoms with Gasteiger partial charge in [-0.15, -0.1) is 0 Å². The van der Waals surface area contributed by atoms with E-state index < -0.39 is 5.54 Å². The summed E-state index contributed by atoms with van der Waals surface area (Å²) in [5.74, 6) is 0.451. The van der Waals surface area contributed by atoms with Gasteiger partial charge in [0.05, 0.1) is 5.54 Å². The summed E-state index contributed by atoms with van der Waals surface area (Å²) < 4.78 is 0. The van der Waals surface area contributed by atoms with Crippen LogP contribution in [0.3, 0.4) is 0 Å². The molecule has 0 aromatic rings. The van der Waals surface area contributed by atoms with Gasteiger partial charge in [0.15, 0.2) is 0 Å². The SMILES string of the molecule is CC1(C)CCCC1NC(=O)C(C)(N)C1CC1. The molecule has 0 radical (unpaired) electrons. The normalized spacial score (nSPS) is 32.1. The van der Waals surface area contributed by atoms with E-state index in [1.807, 2.05) is 6.92 Å². The van der Waals surface area contributed by atoms with E-state index in [2.05, 4.69) is 19.2 Å². The first kappa shape index (κ1) is 11.9. The summed E-state index contributed by atoms with van der Waals surface area (Å²) in [6.07, 6.45) is 5.72. The molecule has 92 valence electrons. The molecule has 0 bridgehead atoms. The minimum absolute atomic E-state index is 0.0509. The highest BCUT2D eigenvalue weighted by atomic mass is 16.2. The number of carbonyl (C=O) groups is 1. The third kappa shape index (κ3) is 2.10. The van der Waals surface area contributed by atoms with Gasteiger partial charge in [-0.05, 0) is 43.9 Å². The molecule has 3 nitrogen and oxygen atoms in total. The quantitative estimate of drug-likeness (QED) is 0.768. The van der Waals surface area contributed by atoms with Gasteiger partial charge in [-0.2, -0.15) is 0 Å². The van der Waals surface area contributed by atoms with Crippen LogP contribution in [-0.2, 0) is 4.79 Å². The van der Waals surface area contributed by atoms with Crippen molar-refractivity contribution in [3.8, 4) is 0 Å². The predicted octanol–water partition coefficient (Wildman–Crippen LogP) is 1.81. The minimum Gasteiger partial charge on any atom is -0.351 e. The molecule has 0 saturated heterocycles. The van der Waals surface area contributed by atoms with Crippen LogP contribution in [0.1, 0.15) is 52.9 Å². The molecular formula is C13H24N2O. The van der Waals surface area contributed by atoms with E-state index in [-0.39, 0.29) is 11.3 Å². The summed E-state index contributed by atoms with van der Waals surface area (Å²) in [6, 6.07) is 0.307. The molecule has 1 amide bonds. The van der Waals surface area contributed by atoms with E-state index in [1.165, 1.54) is 12.8 Å². The molecule has 3 heteroatoms. The first-order valence-corrected chi connectivity index (χ1v) is 6.44. The molecule has 2 rings (SSSR count). The zero-order valence-electron chi connectivity index (χ0n) is 10.7. The molecule has 2 saturated carbocycles. The van der Waals surface area contributed by atoms with E-state index >= 15 is 0 Å². The molecule has 0 spiro atoms. The maximum atomic E-state index is 12.2. The summed E-state index contributed by atoms with van der Waals surface area (Å²) in [4.78, 5) is 12.2. The second kappa shape index (κ2) is 3.73. The van der Waals surface area contributed by atoms with Crippen molar-refractivity contribution in [2.75, 3.05) is 0 Å². The number of amides is 1. The van der Waals surface area contributed by atoms with Gasteiger partial charge in [-0.3, -0.25) is 4.79 Å². The van der Waals surface area contributed by atoms with Gasteiger partial charge < -0.3 is 11.1 Å². The highest BCUT2D eigenvalue weighted by Gasteiger charge is 2.46. The maximum Gasteiger partial charge on any atom is 0.240 e. The first-order valence-electron chi connectivity index (χ1n) is 6.44. The van der Waals surface area contributed by atoms with Gasteiger partial charge in [0.1, 0.15) is 0 Å². The third-order valence-electron chi connectivity index (χ3n) is 4.48. The Morgan fingerprint density at radius 1 is 1.38 bits per heavy atom. The Morgan fingerprint density at radius 2 is 2.00 bits per heavy atom. The van der Waals surface area contributed by atoms with Crippen molar-refractivity contribution in [3.05, 3.63) is 0 Å². The first-order chi connectivity index (χ1) is 7.34. The minimum atomic E-state index is -0.654. The van der Waals surface area contributed by atoms with E-state index in [9.17, 15) is 4.79 Å². The van der Waals surface area contributed by atoms with Crippen molar-refractivity contribution in [2.24, 2.45) is 17.1 Å². The van der Waals surface area contributed by atoms with Crippen molar-refractivity contribution < 1.29 is 4.79 Å². The summed E-state index contributed by atoms with van der Waals surface area (Å²) in [5.41, 5.74) is 5.70. The average Bonchev–Trinajstić information content (AvgIpc) is 2.95. The third-order valence-corrected chi connectivity index (χ3v) is 4.48. The van der Waals surface area contributed by atoms with Crippen LogP contribution in [0.25, 0.3) is 0 Å². The van der Waals surface area contributed by atoms with Crippen LogP contribution in [0.15, 0.2) is 0 Å². The van der Waals surface area contributed by atoms with Gasteiger partial charge in [0.25, 0.3) is 0 Å². The average molecular weight is 224 g/mol. The van der Waals surface area contributed by atoms with E-state index in [0.29, 0.717) is 12.0 Å². The van der Waals surface area contributed by atoms with E-state index in [1.54, 1.807) is 0 Å². The molecule has 2 fully saturated rings. The lowest BCUT2D eigenvalue weighted by Crippen LogP contribution is -2.57. The van der Waals surface area contributed by atoms with Crippen LogP contribution >= 0.6 is 0 Å². The fourth-order valence-electron chi connectivity index (χ4n) is 2.78. The van der Waals surface area contributed by atoms with Crippen molar-refractivity contribution >= 4 is 5.91 Å². The van der Waals surface area contributed by atoms with Crippen molar-refractivity contribution in [1.29, 1.82) is 0 Å². The largest absolute Gasteiger partial charge is 0.351 e. The highest BCUT2D eigenvalue weighted by molar-refractivity contribution is 5.86. The zero-order valence-corrected chi connectivity index (χ0v) is 10.7. The van der Waals surface area contributed by atoms with Gasteiger partial charge in [-0.25, -0.2) is 0 Å². The number of nitrogens with one attached hydrogen (secondary N) is 1. The van der Waals surface area contributed by atoms with Gasteiger partial charge in [-0.1, -0.05) is 20.3 Å². The Kier molecular flexibility index (Phi) is 2.77. The molecular weight excluding hydrogens is 200 g/mol. The van der Waals surface area contributed by atoms with E-state index in [0.717, 1.165) is 19.3 Å². The van der Waals surface area contributed by atoms with Gasteiger partial charge >= 0.3 is 0 Å². The van der Waals surface area contributed by atoms with Crippen molar-refractivity contribution in [1.82, 2.24) is 5.32 Å². The summed E-state index contributed by atoms with van der Waals surface area (Å²) in [5, 5.41) is 3.17. The second-order valence-corrected chi connectivity index (χ2v) is 6.46. The molecule has 3 N–H and O–H groups in total. The molecule has 0 heterocycles. The lowest BCUT2D eigenvalue weighted by Gasteiger charge is -2.32. The fraction of sp³-hybridized carbons (Fsp3) is 0.923. The topological polar surface area (TPSA) is 55.1 Å². The van der Waals surface area contributed by atoms with Crippen molar-refractivity contribution in [3.63, 3.8) is 0 Å². The second-order valence-electron chi connectivity index (χ2n) is 6.46. The van der Waals surface area contributed by atoms with Crippen LogP contribution in [0, 0.1) is 11.3 Å². The van der Waals surface area contributed by atoms with E-state index in [4.69, 9.17) is 5.73 Å². The number of carbonyl (C=O) groups excluding carboxylic acids is 1. The molecule has 2 aliphatic rings. The van der Waals surface area contributed by atoms with Crippen LogP contribution in [-0.4, -0.2) is 17.5 Å². The van der Waals surface area contributed by atoms with Gasteiger partial charge in [0, 0.05) is 6.04 Å². The molecule has 0 aromatic carbocycles. The number of hydrogen-bond donors (Lipinski definition) is 2. The van der Waals surface area contributed by atoms with Crippen molar-refractivity contribution in [2.45, 2.75) is 64.5 Å². The predicted molar refractivity (Wildman–Crippen MR) is 64.9 cm³/mol. The van der Waals surface area contributed by atoms with Gasteiger partial charge in [0.2, 0.25) is 5.91 Å². The molecule has 0 aliphatic heterocycles. The van der Waals surface area contributed by atoms with Crippen LogP contribution in [0.5, 0.6) is 0 Å². The number of nitrogens with two attached hydrogens (primary N) is 1. The smallest absolute Gasteiger partial charge is 0.240 e. The standard InChI is InChI=1S/C13H24N2O/c1-12(2)8-4-5-10(12)15-11(16)13(3,14)9-6-7-9/h9-10H,4-8,14H2,1-3H3,(H,15,16). The zero-order chi connectivity index (χ0) is 12.0. The van der Waals surface area contributed by atoms with Crippen LogP contribution < -0.4 is 11.1 Å². The Hall–Kier alpha value is -0.570. The molecule has 16 heavy (non-hydrogen) atoms. The lowest BCUT2D eigenvalue weighted by atomic mass is 9.86. The molecule has 2 atom stereocenters. The lowest BCUT2D eigenvalue weighted by molar-refractivity contribution is -0.127. The number of hydrogen-bond acceptors (Lipinski definition) is 2. The number of rotatable bonds is 3.